The van der Waals surface area contributed by atoms with Gasteiger partial charge in [0.25, 0.3) is 0 Å². The zero-order valence-electron chi connectivity index (χ0n) is 12.9. The molecule has 1 aliphatic rings. The fraction of sp³-hybridized carbons (Fsp3) is 0.556. The van der Waals surface area contributed by atoms with Crippen molar-refractivity contribution in [1.29, 1.82) is 0 Å². The first kappa shape index (κ1) is 16.4. The van der Waals surface area contributed by atoms with Gasteiger partial charge in [-0.3, -0.25) is 0 Å². The Labute approximate surface area is 133 Å². The first-order chi connectivity index (χ1) is 10.2. The van der Waals surface area contributed by atoms with Crippen LogP contribution >= 0.6 is 11.6 Å². The largest absolute Gasteiger partial charge is 0.489 e. The van der Waals surface area contributed by atoms with E-state index < -0.39 is 0 Å². The summed E-state index contributed by atoms with van der Waals surface area (Å²) in [6.45, 7) is 7.43. The van der Waals surface area contributed by atoms with Crippen LogP contribution in [0.5, 0.6) is 5.75 Å². The van der Waals surface area contributed by atoms with Gasteiger partial charge in [0.05, 0.1) is 0 Å². The molecule has 0 spiro atoms. The van der Waals surface area contributed by atoms with Crippen LogP contribution in [0.1, 0.15) is 50.5 Å². The zero-order valence-corrected chi connectivity index (χ0v) is 13.7. The van der Waals surface area contributed by atoms with Gasteiger partial charge >= 0.3 is 0 Å². The Kier molecular flexibility index (Phi) is 6.59. The van der Waals surface area contributed by atoms with E-state index in [-0.39, 0.29) is 6.10 Å². The highest BCUT2D eigenvalue weighted by atomic mass is 35.5. The van der Waals surface area contributed by atoms with Crippen molar-refractivity contribution >= 4 is 11.6 Å². The van der Waals surface area contributed by atoms with Crippen molar-refractivity contribution in [1.82, 2.24) is 5.32 Å². The van der Waals surface area contributed by atoms with Crippen LogP contribution in [0.4, 0.5) is 0 Å². The molecule has 2 rings (SSSR count). The van der Waals surface area contributed by atoms with Gasteiger partial charge in [0.1, 0.15) is 11.9 Å². The number of hydrogen-bond donors (Lipinski definition) is 1. The number of hydrogen-bond acceptors (Lipinski definition) is 2. The Morgan fingerprint density at radius 2 is 2.14 bits per heavy atom. The molecule has 1 aromatic rings. The molecule has 116 valence electrons. The fourth-order valence-electron chi connectivity index (χ4n) is 3.01. The van der Waals surface area contributed by atoms with Gasteiger partial charge in [-0.2, -0.15) is 0 Å². The van der Waals surface area contributed by atoms with Gasteiger partial charge in [0, 0.05) is 18.1 Å². The molecule has 1 N–H and O–H groups in total. The van der Waals surface area contributed by atoms with E-state index in [0.29, 0.717) is 5.92 Å². The first-order valence-corrected chi connectivity index (χ1v) is 8.36. The van der Waals surface area contributed by atoms with Crippen LogP contribution in [0.25, 0.3) is 0 Å². The summed E-state index contributed by atoms with van der Waals surface area (Å²) in [4.78, 5) is 0. The van der Waals surface area contributed by atoms with Crippen molar-refractivity contribution in [3.63, 3.8) is 0 Å². The zero-order chi connectivity index (χ0) is 15.1. The molecule has 0 heterocycles. The second-order valence-electron chi connectivity index (χ2n) is 5.89. The summed E-state index contributed by atoms with van der Waals surface area (Å²) in [7, 11) is 0. The third kappa shape index (κ3) is 5.05. The van der Waals surface area contributed by atoms with E-state index >= 15 is 0 Å². The summed E-state index contributed by atoms with van der Waals surface area (Å²) in [6.07, 6.45) is 8.48. The Hall–Kier alpha value is -0.990. The van der Waals surface area contributed by atoms with Crippen molar-refractivity contribution in [3.05, 3.63) is 41.4 Å². The third-order valence-electron chi connectivity index (χ3n) is 4.07. The minimum absolute atomic E-state index is 0.133. The molecule has 0 aromatic heterocycles. The highest BCUT2D eigenvalue weighted by Gasteiger charge is 2.20. The highest BCUT2D eigenvalue weighted by molar-refractivity contribution is 6.30. The van der Waals surface area contributed by atoms with Gasteiger partial charge in [-0.1, -0.05) is 36.9 Å². The molecule has 1 atom stereocenters. The lowest BCUT2D eigenvalue weighted by molar-refractivity contribution is 0.214. The maximum absolute atomic E-state index is 6.20. The van der Waals surface area contributed by atoms with E-state index in [0.717, 1.165) is 23.9 Å². The van der Waals surface area contributed by atoms with Gasteiger partial charge in [-0.05, 0) is 49.4 Å². The Morgan fingerprint density at radius 1 is 1.38 bits per heavy atom. The molecule has 0 amide bonds. The molecule has 21 heavy (non-hydrogen) atoms. The summed E-state index contributed by atoms with van der Waals surface area (Å²) in [5.74, 6) is 1.60. The number of nitrogens with one attached hydrogen (secondary N) is 1. The Bertz CT molecular complexity index is 455. The van der Waals surface area contributed by atoms with E-state index in [1.165, 1.54) is 37.7 Å². The van der Waals surface area contributed by atoms with Crippen LogP contribution < -0.4 is 10.1 Å². The second-order valence-corrected chi connectivity index (χ2v) is 6.33. The number of benzene rings is 1. The lowest BCUT2D eigenvalue weighted by Gasteiger charge is -2.26. The summed E-state index contributed by atoms with van der Waals surface area (Å²) in [5, 5.41) is 4.10. The van der Waals surface area contributed by atoms with Crippen LogP contribution in [0.2, 0.25) is 5.02 Å². The van der Waals surface area contributed by atoms with Crippen LogP contribution in [-0.2, 0) is 0 Å². The summed E-state index contributed by atoms with van der Waals surface area (Å²) < 4.78 is 6.14. The van der Waals surface area contributed by atoms with E-state index in [9.17, 15) is 0 Å². The lowest BCUT2D eigenvalue weighted by atomic mass is 9.83. The first-order valence-electron chi connectivity index (χ1n) is 7.98. The van der Waals surface area contributed by atoms with E-state index in [1.54, 1.807) is 0 Å². The molecule has 0 radical (unpaired) electrons. The molecule has 0 saturated heterocycles. The molecular formula is C18H26ClNO. The predicted octanol–water partition coefficient (Wildman–Crippen LogP) is 4.93. The standard InChI is InChI=1S/C18H26ClNO/c1-3-11-20-13-14(2)21-18-10-9-16(19)12-17(18)15-7-5-4-6-8-15/h3,9-10,12,14-15,20H,1,4-8,11,13H2,2H3. The molecule has 0 bridgehead atoms. The number of ether oxygens (including phenoxy) is 1. The monoisotopic (exact) mass is 307 g/mol. The van der Waals surface area contributed by atoms with E-state index in [1.807, 2.05) is 18.2 Å². The van der Waals surface area contributed by atoms with E-state index in [4.69, 9.17) is 16.3 Å². The van der Waals surface area contributed by atoms with Crippen molar-refractivity contribution in [2.24, 2.45) is 0 Å². The normalized spacial score (nSPS) is 17.4. The average molecular weight is 308 g/mol. The van der Waals surface area contributed by atoms with Crippen LogP contribution in [-0.4, -0.2) is 19.2 Å². The van der Waals surface area contributed by atoms with Crippen LogP contribution in [0.15, 0.2) is 30.9 Å². The molecule has 0 aliphatic heterocycles. The van der Waals surface area contributed by atoms with Crippen molar-refractivity contribution in [3.8, 4) is 5.75 Å². The minimum atomic E-state index is 0.133. The van der Waals surface area contributed by atoms with Gasteiger partial charge < -0.3 is 10.1 Å². The van der Waals surface area contributed by atoms with Crippen LogP contribution in [0.3, 0.4) is 0 Å². The van der Waals surface area contributed by atoms with Gasteiger partial charge in [-0.15, -0.1) is 6.58 Å². The molecule has 1 unspecified atom stereocenters. The molecule has 1 fully saturated rings. The van der Waals surface area contributed by atoms with Crippen LogP contribution in [0, 0.1) is 0 Å². The molecule has 3 heteroatoms. The van der Waals surface area contributed by atoms with Crippen molar-refractivity contribution in [2.45, 2.75) is 51.0 Å². The number of rotatable bonds is 7. The second kappa shape index (κ2) is 8.45. The summed E-state index contributed by atoms with van der Waals surface area (Å²) in [6, 6.07) is 6.04. The Morgan fingerprint density at radius 3 is 2.86 bits per heavy atom. The summed E-state index contributed by atoms with van der Waals surface area (Å²) in [5.41, 5.74) is 1.29. The smallest absolute Gasteiger partial charge is 0.123 e. The molecule has 2 nitrogen and oxygen atoms in total. The van der Waals surface area contributed by atoms with E-state index in [2.05, 4.69) is 24.9 Å². The minimum Gasteiger partial charge on any atom is -0.489 e. The van der Waals surface area contributed by atoms with Crippen molar-refractivity contribution in [2.75, 3.05) is 13.1 Å². The molecule has 1 aliphatic carbocycles. The SMILES string of the molecule is C=CCNCC(C)Oc1ccc(Cl)cc1C1CCCCC1. The Balaban J connectivity index is 2.05. The maximum atomic E-state index is 6.20. The molecule has 1 saturated carbocycles. The van der Waals surface area contributed by atoms with Crippen molar-refractivity contribution < 1.29 is 4.74 Å². The number of halogens is 1. The van der Waals surface area contributed by atoms with Gasteiger partial charge in [0.15, 0.2) is 0 Å². The molecule has 1 aromatic carbocycles. The third-order valence-corrected chi connectivity index (χ3v) is 4.30. The predicted molar refractivity (Wildman–Crippen MR) is 90.4 cm³/mol. The van der Waals surface area contributed by atoms with Gasteiger partial charge in [0.2, 0.25) is 0 Å². The average Bonchev–Trinajstić information content (AvgIpc) is 2.50. The highest BCUT2D eigenvalue weighted by Crippen LogP contribution is 2.39. The lowest BCUT2D eigenvalue weighted by Crippen LogP contribution is -2.29. The van der Waals surface area contributed by atoms with Gasteiger partial charge in [-0.25, -0.2) is 0 Å². The molecular weight excluding hydrogens is 282 g/mol. The quantitative estimate of drug-likeness (QED) is 0.569. The fourth-order valence-corrected chi connectivity index (χ4v) is 3.19. The summed E-state index contributed by atoms with van der Waals surface area (Å²) >= 11 is 6.20. The topological polar surface area (TPSA) is 21.3 Å². The maximum Gasteiger partial charge on any atom is 0.123 e.